The van der Waals surface area contributed by atoms with Gasteiger partial charge in [-0.05, 0) is 107 Å². The summed E-state index contributed by atoms with van der Waals surface area (Å²) < 4.78 is 0. The number of phenols is 1. The molecule has 56 heavy (non-hydrogen) atoms. The molecule has 1 aromatic carbocycles. The molecule has 2 rings (SSSR count). The maximum Gasteiger partial charge on any atom is 0.326 e. The summed E-state index contributed by atoms with van der Waals surface area (Å²) >= 11 is 0. The smallest absolute Gasteiger partial charge is 0.326 e. The Labute approximate surface area is 328 Å². The van der Waals surface area contributed by atoms with Gasteiger partial charge in [0.1, 0.15) is 36.0 Å². The zero-order chi connectivity index (χ0) is 41.6. The van der Waals surface area contributed by atoms with Gasteiger partial charge in [0.25, 0.3) is 0 Å². The quantitative estimate of drug-likeness (QED) is 0.0861. The maximum absolute atomic E-state index is 14.1. The molecule has 0 aliphatic carbocycles. The van der Waals surface area contributed by atoms with E-state index in [-0.39, 0.29) is 56.7 Å². The van der Waals surface area contributed by atoms with E-state index < -0.39 is 77.7 Å². The molecular weight excluding hydrogens is 726 g/mol. The van der Waals surface area contributed by atoms with E-state index in [0.717, 1.165) is 0 Å². The molecule has 0 spiro atoms. The standard InChI is InChI=1S/C38H63N9O9/c1-23(2)21-31(38(55)56)47-37(54)30(22-24-12-14-25(48)15-13-24)46-36(53)29-16-17-32(49)42-20-8-5-9-26(41)33(50)43-27(10-3-6-18-39)34(51)44-28(35(52)45-29)11-4-7-19-40/h12-15,23,26-31,48H,3-11,16-22,39-41H2,1-2H3,(H,42,49)(H,43,50)(H,44,51)(H,45,52)(H,46,53)(H,47,54)(H,55,56)/t26-,27-,28-,29-,30-,31-/m0/s1. The van der Waals surface area contributed by atoms with Gasteiger partial charge in [0, 0.05) is 19.4 Å². The number of hydrogen-bond donors (Lipinski definition) is 11. The van der Waals surface area contributed by atoms with E-state index >= 15 is 0 Å². The highest BCUT2D eigenvalue weighted by Gasteiger charge is 2.33. The fraction of sp³-hybridized carbons (Fsp3) is 0.658. The van der Waals surface area contributed by atoms with Crippen LogP contribution in [-0.4, -0.2) is 108 Å². The summed E-state index contributed by atoms with van der Waals surface area (Å²) in [4.78, 5) is 93.3. The lowest BCUT2D eigenvalue weighted by atomic mass is 10.0. The van der Waals surface area contributed by atoms with E-state index in [1.165, 1.54) is 12.1 Å². The number of aliphatic carboxylic acids is 1. The normalized spacial score (nSPS) is 21.6. The average Bonchev–Trinajstić information content (AvgIpc) is 3.14. The Hall–Kier alpha value is -4.81. The first-order chi connectivity index (χ1) is 26.6. The summed E-state index contributed by atoms with van der Waals surface area (Å²) in [6.45, 7) is 4.56. The molecule has 1 heterocycles. The first-order valence-corrected chi connectivity index (χ1v) is 19.6. The molecular formula is C38H63N9O9. The third-order valence-corrected chi connectivity index (χ3v) is 9.38. The number of amides is 6. The van der Waals surface area contributed by atoms with E-state index in [1.54, 1.807) is 26.0 Å². The average molecular weight is 790 g/mol. The molecule has 1 aliphatic heterocycles. The number of carbonyl (C=O) groups excluding carboxylic acids is 6. The van der Waals surface area contributed by atoms with Crippen molar-refractivity contribution in [3.05, 3.63) is 29.8 Å². The van der Waals surface area contributed by atoms with Crippen molar-refractivity contribution in [2.75, 3.05) is 19.6 Å². The molecule has 314 valence electrons. The molecule has 0 unspecified atom stereocenters. The van der Waals surface area contributed by atoms with Crippen LogP contribution in [0.4, 0.5) is 0 Å². The van der Waals surface area contributed by atoms with Crippen LogP contribution in [0.5, 0.6) is 5.75 Å². The first kappa shape index (κ1) is 47.3. The third kappa shape index (κ3) is 17.8. The van der Waals surface area contributed by atoms with Gasteiger partial charge in [-0.25, -0.2) is 4.79 Å². The lowest BCUT2D eigenvalue weighted by Crippen LogP contribution is -2.59. The van der Waals surface area contributed by atoms with Crippen LogP contribution in [0.15, 0.2) is 24.3 Å². The zero-order valence-electron chi connectivity index (χ0n) is 32.6. The molecule has 14 N–H and O–H groups in total. The molecule has 0 bridgehead atoms. The van der Waals surface area contributed by atoms with Crippen molar-refractivity contribution in [1.29, 1.82) is 0 Å². The minimum atomic E-state index is -1.37. The number of aromatic hydroxyl groups is 1. The maximum atomic E-state index is 14.1. The summed E-state index contributed by atoms with van der Waals surface area (Å²) in [6, 6.07) is -1.17. The van der Waals surface area contributed by atoms with Crippen molar-refractivity contribution in [1.82, 2.24) is 31.9 Å². The number of hydrogen-bond acceptors (Lipinski definition) is 11. The molecule has 1 fully saturated rings. The van der Waals surface area contributed by atoms with Crippen LogP contribution in [0, 0.1) is 5.92 Å². The van der Waals surface area contributed by atoms with E-state index in [9.17, 15) is 43.8 Å². The number of nitrogens with one attached hydrogen (secondary N) is 6. The van der Waals surface area contributed by atoms with Gasteiger partial charge in [-0.1, -0.05) is 26.0 Å². The van der Waals surface area contributed by atoms with Gasteiger partial charge >= 0.3 is 5.97 Å². The molecule has 0 saturated carbocycles. The zero-order valence-corrected chi connectivity index (χ0v) is 32.6. The summed E-state index contributed by atoms with van der Waals surface area (Å²) in [5.41, 5.74) is 18.0. The largest absolute Gasteiger partial charge is 0.508 e. The number of nitrogens with two attached hydrogens (primary N) is 3. The van der Waals surface area contributed by atoms with Gasteiger partial charge in [0.15, 0.2) is 0 Å². The van der Waals surface area contributed by atoms with Crippen molar-refractivity contribution in [2.45, 2.75) is 134 Å². The van der Waals surface area contributed by atoms with Crippen LogP contribution < -0.4 is 49.1 Å². The van der Waals surface area contributed by atoms with E-state index in [2.05, 4.69) is 31.9 Å². The summed E-state index contributed by atoms with van der Waals surface area (Å²) in [5.74, 6) is -5.31. The van der Waals surface area contributed by atoms with E-state index in [1.807, 2.05) is 0 Å². The Morgan fingerprint density at radius 3 is 1.96 bits per heavy atom. The van der Waals surface area contributed by atoms with Crippen LogP contribution in [-0.2, 0) is 40.0 Å². The Balaban J connectivity index is 2.47. The lowest BCUT2D eigenvalue weighted by molar-refractivity contribution is -0.142. The number of phenolic OH excluding ortho intramolecular Hbond substituents is 1. The lowest BCUT2D eigenvalue weighted by Gasteiger charge is -2.27. The van der Waals surface area contributed by atoms with Gasteiger partial charge < -0.3 is 59.3 Å². The minimum Gasteiger partial charge on any atom is -0.508 e. The van der Waals surface area contributed by atoms with Crippen molar-refractivity contribution in [2.24, 2.45) is 23.1 Å². The van der Waals surface area contributed by atoms with Crippen LogP contribution in [0.3, 0.4) is 0 Å². The Kier molecular flexibility index (Phi) is 21.4. The van der Waals surface area contributed by atoms with Crippen molar-refractivity contribution in [3.8, 4) is 5.75 Å². The number of benzene rings is 1. The monoisotopic (exact) mass is 789 g/mol. The highest BCUT2D eigenvalue weighted by atomic mass is 16.4. The Bertz CT molecular complexity index is 1440. The Morgan fingerprint density at radius 1 is 0.804 bits per heavy atom. The topological polar surface area (TPSA) is 310 Å². The fourth-order valence-corrected chi connectivity index (χ4v) is 6.14. The van der Waals surface area contributed by atoms with Crippen molar-refractivity contribution in [3.63, 3.8) is 0 Å². The second-order valence-corrected chi connectivity index (χ2v) is 14.7. The molecule has 18 nitrogen and oxygen atoms in total. The molecule has 0 radical (unpaired) electrons. The van der Waals surface area contributed by atoms with Gasteiger partial charge in [-0.15, -0.1) is 0 Å². The predicted molar refractivity (Wildman–Crippen MR) is 208 cm³/mol. The summed E-state index contributed by atoms with van der Waals surface area (Å²) in [6.07, 6.45) is 3.37. The summed E-state index contributed by atoms with van der Waals surface area (Å²) in [5, 5.41) is 35.6. The Morgan fingerprint density at radius 2 is 1.39 bits per heavy atom. The number of carboxylic acid groups (broad SMARTS) is 1. The highest BCUT2D eigenvalue weighted by molar-refractivity contribution is 5.96. The van der Waals surface area contributed by atoms with Gasteiger partial charge in [-0.2, -0.15) is 0 Å². The molecule has 6 atom stereocenters. The van der Waals surface area contributed by atoms with Gasteiger partial charge in [0.2, 0.25) is 35.4 Å². The molecule has 6 amide bonds. The van der Waals surface area contributed by atoms with Gasteiger partial charge in [0.05, 0.1) is 6.04 Å². The molecule has 18 heteroatoms. The third-order valence-electron chi connectivity index (χ3n) is 9.38. The number of carboxylic acids is 1. The number of carbonyl (C=O) groups is 7. The van der Waals surface area contributed by atoms with Gasteiger partial charge in [-0.3, -0.25) is 28.8 Å². The highest BCUT2D eigenvalue weighted by Crippen LogP contribution is 2.14. The SMILES string of the molecule is CC(C)C[C@H](NC(=O)[C@H](Cc1ccc(O)cc1)NC(=O)[C@@H]1CCC(=O)NCCCC[C@H](N)C(=O)N[C@@H](CCCCN)C(=O)N[C@@H](CCCCN)C(=O)N1)C(=O)O. The fourth-order valence-electron chi connectivity index (χ4n) is 6.14. The van der Waals surface area contributed by atoms with Crippen molar-refractivity contribution >= 4 is 41.4 Å². The molecule has 0 aromatic heterocycles. The van der Waals surface area contributed by atoms with E-state index in [4.69, 9.17) is 17.2 Å². The van der Waals surface area contributed by atoms with Crippen LogP contribution in [0.2, 0.25) is 0 Å². The van der Waals surface area contributed by atoms with Crippen LogP contribution >= 0.6 is 0 Å². The second-order valence-electron chi connectivity index (χ2n) is 14.7. The molecule has 1 aliphatic rings. The molecule has 1 aromatic rings. The number of rotatable bonds is 17. The van der Waals surface area contributed by atoms with Crippen LogP contribution in [0.1, 0.15) is 96.5 Å². The minimum absolute atomic E-state index is 0.0270. The first-order valence-electron chi connectivity index (χ1n) is 19.6. The number of unbranched alkanes of at least 4 members (excludes halogenated alkanes) is 2. The van der Waals surface area contributed by atoms with Crippen molar-refractivity contribution < 1.29 is 43.8 Å². The summed E-state index contributed by atoms with van der Waals surface area (Å²) in [7, 11) is 0. The van der Waals surface area contributed by atoms with Crippen LogP contribution in [0.25, 0.3) is 0 Å². The second kappa shape index (κ2) is 25.4. The van der Waals surface area contributed by atoms with E-state index in [0.29, 0.717) is 63.6 Å². The predicted octanol–water partition coefficient (Wildman–Crippen LogP) is -0.845. The molecule has 1 saturated heterocycles.